The van der Waals surface area contributed by atoms with Crippen LogP contribution in [0.5, 0.6) is 11.5 Å². The van der Waals surface area contributed by atoms with Gasteiger partial charge in [0.1, 0.15) is 11.5 Å². The predicted molar refractivity (Wildman–Crippen MR) is 112 cm³/mol. The summed E-state index contributed by atoms with van der Waals surface area (Å²) in [6, 6.07) is 14.4. The maximum absolute atomic E-state index is 12.5. The van der Waals surface area contributed by atoms with Crippen LogP contribution in [0.25, 0.3) is 17.2 Å². The number of nitrogens with one attached hydrogen (secondary N) is 1. The zero-order chi connectivity index (χ0) is 21.1. The fourth-order valence-corrected chi connectivity index (χ4v) is 3.37. The normalized spacial score (nSPS) is 10.6. The Morgan fingerprint density at radius 2 is 1.83 bits per heavy atom. The zero-order valence-electron chi connectivity index (χ0n) is 16.5. The minimum Gasteiger partial charge on any atom is -0.497 e. The molecule has 4 rings (SSSR count). The molecule has 0 saturated heterocycles. The first-order valence-corrected chi connectivity index (χ1v) is 9.72. The summed E-state index contributed by atoms with van der Waals surface area (Å²) in [6.07, 6.45) is 0. The highest BCUT2D eigenvalue weighted by atomic mass is 32.1. The predicted octanol–water partition coefficient (Wildman–Crippen LogP) is 3.36. The van der Waals surface area contributed by atoms with E-state index in [-0.39, 0.29) is 5.91 Å². The van der Waals surface area contributed by atoms with Gasteiger partial charge in [-0.25, -0.2) is 4.68 Å². The molecule has 1 amide bonds. The minimum atomic E-state index is -0.296. The van der Waals surface area contributed by atoms with E-state index < -0.39 is 0 Å². The molecule has 2 aromatic carbocycles. The third-order valence-corrected chi connectivity index (χ3v) is 5.03. The van der Waals surface area contributed by atoms with Gasteiger partial charge >= 0.3 is 0 Å². The molecule has 2 heterocycles. The van der Waals surface area contributed by atoms with Gasteiger partial charge in [0.05, 0.1) is 25.6 Å². The van der Waals surface area contributed by atoms with Gasteiger partial charge in [-0.05, 0) is 49.4 Å². The Balaban J connectivity index is 1.54. The summed E-state index contributed by atoms with van der Waals surface area (Å²) in [5.41, 5.74) is 2.63. The number of carbonyl (C=O) groups is 1. The summed E-state index contributed by atoms with van der Waals surface area (Å²) in [4.78, 5) is 16.9. The highest BCUT2D eigenvalue weighted by Crippen LogP contribution is 2.25. The Kier molecular flexibility index (Phi) is 5.40. The van der Waals surface area contributed by atoms with Crippen LogP contribution in [0.3, 0.4) is 0 Å². The Bertz CT molecular complexity index is 1190. The lowest BCUT2D eigenvalue weighted by Gasteiger charge is -2.04. The molecule has 0 fully saturated rings. The number of nitrogens with zero attached hydrogens (tertiary/aromatic N) is 5. The molecular formula is C20H18N6O3S. The van der Waals surface area contributed by atoms with Crippen molar-refractivity contribution in [1.82, 2.24) is 24.4 Å². The van der Waals surface area contributed by atoms with E-state index in [4.69, 9.17) is 9.47 Å². The summed E-state index contributed by atoms with van der Waals surface area (Å²) >= 11 is 1.08. The number of hydrogen-bond acceptors (Lipinski definition) is 8. The van der Waals surface area contributed by atoms with Crippen LogP contribution in [0, 0.1) is 6.92 Å². The van der Waals surface area contributed by atoms with E-state index in [1.54, 1.807) is 43.2 Å². The second kappa shape index (κ2) is 8.29. The monoisotopic (exact) mass is 422 g/mol. The first-order chi connectivity index (χ1) is 14.6. The van der Waals surface area contributed by atoms with Crippen molar-refractivity contribution in [2.24, 2.45) is 0 Å². The molecule has 4 aromatic rings. The lowest BCUT2D eigenvalue weighted by molar-refractivity contribution is 0.102. The number of amides is 1. The largest absolute Gasteiger partial charge is 0.497 e. The molecule has 0 bridgehead atoms. The second-order valence-electron chi connectivity index (χ2n) is 6.24. The van der Waals surface area contributed by atoms with Gasteiger partial charge in [-0.1, -0.05) is 11.3 Å². The van der Waals surface area contributed by atoms with Gasteiger partial charge in [0.15, 0.2) is 11.5 Å². The first-order valence-electron chi connectivity index (χ1n) is 8.95. The van der Waals surface area contributed by atoms with E-state index in [1.165, 1.54) is 0 Å². The van der Waals surface area contributed by atoms with Crippen molar-refractivity contribution in [2.75, 3.05) is 19.5 Å². The molecule has 9 nitrogen and oxygen atoms in total. The fourth-order valence-electron chi connectivity index (χ4n) is 2.81. The molecule has 0 unspecified atom stereocenters. The molecule has 0 radical (unpaired) electrons. The lowest BCUT2D eigenvalue weighted by Crippen LogP contribution is -2.11. The Labute approximate surface area is 176 Å². The molecule has 30 heavy (non-hydrogen) atoms. The maximum Gasteiger partial charge on any atom is 0.257 e. The molecule has 0 aliphatic carbocycles. The molecule has 10 heteroatoms. The number of benzene rings is 2. The summed E-state index contributed by atoms with van der Waals surface area (Å²) in [5, 5.41) is 11.5. The third-order valence-electron chi connectivity index (χ3n) is 4.40. The average Bonchev–Trinajstić information content (AvgIpc) is 3.40. The molecule has 152 valence electrons. The fraction of sp³-hybridized carbons (Fsp3) is 0.150. The average molecular weight is 422 g/mol. The van der Waals surface area contributed by atoms with E-state index in [0.717, 1.165) is 28.7 Å². The van der Waals surface area contributed by atoms with Gasteiger partial charge in [-0.2, -0.15) is 9.36 Å². The van der Waals surface area contributed by atoms with Crippen LogP contribution in [0.4, 0.5) is 5.13 Å². The minimum absolute atomic E-state index is 0.296. The molecule has 0 aliphatic heterocycles. The second-order valence-corrected chi connectivity index (χ2v) is 6.99. The van der Waals surface area contributed by atoms with Gasteiger partial charge < -0.3 is 9.47 Å². The van der Waals surface area contributed by atoms with Crippen LogP contribution < -0.4 is 14.8 Å². The highest BCUT2D eigenvalue weighted by Gasteiger charge is 2.18. The molecule has 0 atom stereocenters. The van der Waals surface area contributed by atoms with Gasteiger partial charge in [-0.15, -0.1) is 5.10 Å². The molecule has 1 N–H and O–H groups in total. The van der Waals surface area contributed by atoms with E-state index in [9.17, 15) is 4.79 Å². The summed E-state index contributed by atoms with van der Waals surface area (Å²) in [5.74, 6) is 1.47. The highest BCUT2D eigenvalue weighted by molar-refractivity contribution is 7.10. The smallest absolute Gasteiger partial charge is 0.257 e. The SMILES string of the molecule is COc1ccc(-n2nnc(-c3nsc(NC(=O)c4cccc(OC)c4)n3)c2C)cc1. The number of anilines is 1. The molecule has 0 spiro atoms. The van der Waals surface area contributed by atoms with Crippen molar-refractivity contribution >= 4 is 22.6 Å². The lowest BCUT2D eigenvalue weighted by atomic mass is 10.2. The summed E-state index contributed by atoms with van der Waals surface area (Å²) < 4.78 is 16.4. The van der Waals surface area contributed by atoms with Crippen LogP contribution in [0.1, 0.15) is 16.1 Å². The zero-order valence-corrected chi connectivity index (χ0v) is 17.3. The van der Waals surface area contributed by atoms with E-state index >= 15 is 0 Å². The van der Waals surface area contributed by atoms with Crippen LogP contribution in [0.2, 0.25) is 0 Å². The maximum atomic E-state index is 12.5. The Morgan fingerprint density at radius 1 is 1.07 bits per heavy atom. The van der Waals surface area contributed by atoms with Gasteiger partial charge in [-0.3, -0.25) is 10.1 Å². The number of ether oxygens (including phenoxy) is 2. The molecule has 2 aromatic heterocycles. The van der Waals surface area contributed by atoms with Crippen LogP contribution in [-0.4, -0.2) is 44.5 Å². The Hall–Kier alpha value is -3.79. The van der Waals surface area contributed by atoms with Crippen molar-refractivity contribution in [2.45, 2.75) is 6.92 Å². The van der Waals surface area contributed by atoms with E-state index in [0.29, 0.717) is 28.0 Å². The third kappa shape index (κ3) is 3.85. The quantitative estimate of drug-likeness (QED) is 0.508. The topological polar surface area (TPSA) is 104 Å². The number of carbonyl (C=O) groups excluding carboxylic acids is 1. The number of rotatable bonds is 6. The van der Waals surface area contributed by atoms with Gasteiger partial charge in [0.25, 0.3) is 5.91 Å². The number of methoxy groups -OCH3 is 2. The van der Waals surface area contributed by atoms with Crippen molar-refractivity contribution in [3.05, 3.63) is 59.8 Å². The van der Waals surface area contributed by atoms with Crippen LogP contribution in [0.15, 0.2) is 48.5 Å². The standard InChI is InChI=1S/C20H18N6O3S/c1-12-17(23-25-26(12)14-7-9-15(28-2)10-8-14)18-21-20(30-24-18)22-19(27)13-5-4-6-16(11-13)29-3/h4-11H,1-3H3,(H,21,22,24,27). The van der Waals surface area contributed by atoms with Crippen molar-refractivity contribution in [3.63, 3.8) is 0 Å². The molecule has 0 aliphatic rings. The summed E-state index contributed by atoms with van der Waals surface area (Å²) in [6.45, 7) is 1.88. The number of aromatic nitrogens is 5. The summed E-state index contributed by atoms with van der Waals surface area (Å²) in [7, 11) is 3.17. The van der Waals surface area contributed by atoms with Crippen molar-refractivity contribution in [3.8, 4) is 28.7 Å². The number of hydrogen-bond donors (Lipinski definition) is 1. The first kappa shape index (κ1) is 19.5. The molecule has 0 saturated carbocycles. The van der Waals surface area contributed by atoms with Gasteiger partial charge in [0.2, 0.25) is 5.13 Å². The van der Waals surface area contributed by atoms with Crippen LogP contribution in [-0.2, 0) is 0 Å². The van der Waals surface area contributed by atoms with E-state index in [2.05, 4.69) is 25.0 Å². The Morgan fingerprint density at radius 3 is 2.57 bits per heavy atom. The van der Waals surface area contributed by atoms with E-state index in [1.807, 2.05) is 31.2 Å². The molecular weight excluding hydrogens is 404 g/mol. The van der Waals surface area contributed by atoms with Crippen LogP contribution >= 0.6 is 11.5 Å². The van der Waals surface area contributed by atoms with Crippen molar-refractivity contribution in [1.29, 1.82) is 0 Å². The van der Waals surface area contributed by atoms with Crippen molar-refractivity contribution < 1.29 is 14.3 Å². The van der Waals surface area contributed by atoms with Gasteiger partial charge in [0, 0.05) is 17.1 Å².